The maximum atomic E-state index is 3.76. The molecule has 2 unspecified atom stereocenters. The molecule has 1 N–H and O–H groups in total. The van der Waals surface area contributed by atoms with Gasteiger partial charge in [0.25, 0.3) is 0 Å². The standard InChI is InChI=1S/C17H35N3/c1-7-18-15-14(9-12-16(15,2)3)20(6)13-17(19(4)5)10-8-11-17/h14-15,18H,7-13H2,1-6H3. The van der Waals surface area contributed by atoms with E-state index in [1.807, 2.05) is 0 Å². The lowest BCUT2D eigenvalue weighted by molar-refractivity contribution is 0.0110. The molecule has 0 amide bonds. The lowest BCUT2D eigenvalue weighted by Crippen LogP contribution is -2.60. The highest BCUT2D eigenvalue weighted by Crippen LogP contribution is 2.42. The van der Waals surface area contributed by atoms with Gasteiger partial charge < -0.3 is 15.1 Å². The highest BCUT2D eigenvalue weighted by atomic mass is 15.3. The van der Waals surface area contributed by atoms with Gasteiger partial charge in [-0.15, -0.1) is 0 Å². The molecule has 0 spiro atoms. The fourth-order valence-electron chi connectivity index (χ4n) is 4.38. The van der Waals surface area contributed by atoms with Gasteiger partial charge in [-0.3, -0.25) is 0 Å². The van der Waals surface area contributed by atoms with Crippen LogP contribution in [0.3, 0.4) is 0 Å². The van der Waals surface area contributed by atoms with Crippen LogP contribution in [0.5, 0.6) is 0 Å². The fourth-order valence-corrected chi connectivity index (χ4v) is 4.38. The van der Waals surface area contributed by atoms with Crippen LogP contribution in [0.15, 0.2) is 0 Å². The smallest absolute Gasteiger partial charge is 0.0330 e. The van der Waals surface area contributed by atoms with Crippen molar-refractivity contribution in [3.05, 3.63) is 0 Å². The summed E-state index contributed by atoms with van der Waals surface area (Å²) in [5.41, 5.74) is 0.873. The number of hydrogen-bond acceptors (Lipinski definition) is 3. The molecule has 0 radical (unpaired) electrons. The van der Waals surface area contributed by atoms with E-state index >= 15 is 0 Å². The van der Waals surface area contributed by atoms with Crippen molar-refractivity contribution in [1.82, 2.24) is 15.1 Å². The molecule has 2 fully saturated rings. The van der Waals surface area contributed by atoms with Crippen molar-refractivity contribution in [2.75, 3.05) is 34.2 Å². The van der Waals surface area contributed by atoms with Crippen LogP contribution in [-0.2, 0) is 0 Å². The Bertz CT molecular complexity index is 320. The Labute approximate surface area is 126 Å². The molecule has 0 heterocycles. The largest absolute Gasteiger partial charge is 0.312 e. The average molecular weight is 281 g/mol. The molecule has 0 saturated heterocycles. The van der Waals surface area contributed by atoms with Crippen molar-refractivity contribution in [3.63, 3.8) is 0 Å². The molecule has 0 aromatic heterocycles. The fraction of sp³-hybridized carbons (Fsp3) is 1.00. The van der Waals surface area contributed by atoms with Crippen molar-refractivity contribution in [1.29, 1.82) is 0 Å². The second-order valence-corrected chi connectivity index (χ2v) is 8.02. The number of likely N-dealkylation sites (N-methyl/N-ethyl adjacent to an activating group) is 3. The highest BCUT2D eigenvalue weighted by Gasteiger charge is 2.46. The first-order chi connectivity index (χ1) is 9.32. The molecule has 2 aliphatic rings. The molecule has 0 aromatic rings. The molecule has 0 bridgehead atoms. The van der Waals surface area contributed by atoms with E-state index in [9.17, 15) is 0 Å². The third kappa shape index (κ3) is 2.90. The van der Waals surface area contributed by atoms with E-state index in [0.29, 0.717) is 23.0 Å². The van der Waals surface area contributed by atoms with E-state index in [-0.39, 0.29) is 0 Å². The average Bonchev–Trinajstić information content (AvgIpc) is 2.60. The molecule has 2 atom stereocenters. The van der Waals surface area contributed by atoms with Crippen LogP contribution in [0.2, 0.25) is 0 Å². The van der Waals surface area contributed by atoms with Crippen LogP contribution in [0.1, 0.15) is 52.9 Å². The third-order valence-corrected chi connectivity index (χ3v) is 6.08. The van der Waals surface area contributed by atoms with Crippen molar-refractivity contribution < 1.29 is 0 Å². The van der Waals surface area contributed by atoms with E-state index in [0.717, 1.165) is 6.54 Å². The molecule has 118 valence electrons. The Kier molecular flexibility index (Phi) is 4.83. The second kappa shape index (κ2) is 5.94. The summed E-state index contributed by atoms with van der Waals surface area (Å²) in [5.74, 6) is 0. The summed E-state index contributed by atoms with van der Waals surface area (Å²) in [6, 6.07) is 1.33. The van der Waals surface area contributed by atoms with Gasteiger partial charge in [-0.05, 0) is 65.2 Å². The molecular weight excluding hydrogens is 246 g/mol. The van der Waals surface area contributed by atoms with Gasteiger partial charge in [0.1, 0.15) is 0 Å². The Balaban J connectivity index is 2.03. The minimum absolute atomic E-state index is 0.430. The Hall–Kier alpha value is -0.120. The molecular formula is C17H35N3. The Morgan fingerprint density at radius 1 is 1.10 bits per heavy atom. The first kappa shape index (κ1) is 16.3. The van der Waals surface area contributed by atoms with Crippen LogP contribution in [0.25, 0.3) is 0 Å². The maximum absolute atomic E-state index is 3.76. The Morgan fingerprint density at radius 2 is 1.75 bits per heavy atom. The monoisotopic (exact) mass is 281 g/mol. The van der Waals surface area contributed by atoms with Crippen LogP contribution in [0.4, 0.5) is 0 Å². The quantitative estimate of drug-likeness (QED) is 0.807. The lowest BCUT2D eigenvalue weighted by atomic mass is 9.75. The highest BCUT2D eigenvalue weighted by molar-refractivity contribution is 5.04. The molecule has 3 heteroatoms. The third-order valence-electron chi connectivity index (χ3n) is 6.08. The summed E-state index contributed by atoms with van der Waals surface area (Å²) in [6.45, 7) is 9.40. The summed E-state index contributed by atoms with van der Waals surface area (Å²) in [6.07, 6.45) is 6.82. The first-order valence-electron chi connectivity index (χ1n) is 8.43. The van der Waals surface area contributed by atoms with E-state index < -0.39 is 0 Å². The number of nitrogens with one attached hydrogen (secondary N) is 1. The zero-order valence-electron chi connectivity index (χ0n) is 14.5. The summed E-state index contributed by atoms with van der Waals surface area (Å²) < 4.78 is 0. The lowest BCUT2D eigenvalue weighted by Gasteiger charge is -2.51. The minimum Gasteiger partial charge on any atom is -0.312 e. The van der Waals surface area contributed by atoms with E-state index in [1.165, 1.54) is 38.6 Å². The predicted octanol–water partition coefficient (Wildman–Crippen LogP) is 2.57. The minimum atomic E-state index is 0.430. The number of nitrogens with zero attached hydrogens (tertiary/aromatic N) is 2. The van der Waals surface area contributed by atoms with Gasteiger partial charge in [-0.25, -0.2) is 0 Å². The maximum Gasteiger partial charge on any atom is 0.0330 e. The zero-order chi connectivity index (χ0) is 15.0. The van der Waals surface area contributed by atoms with Gasteiger partial charge in [0.2, 0.25) is 0 Å². The topological polar surface area (TPSA) is 18.5 Å². The zero-order valence-corrected chi connectivity index (χ0v) is 14.5. The van der Waals surface area contributed by atoms with Crippen molar-refractivity contribution in [3.8, 4) is 0 Å². The summed E-state index contributed by atoms with van der Waals surface area (Å²) in [4.78, 5) is 5.12. The molecule has 20 heavy (non-hydrogen) atoms. The number of rotatable bonds is 6. The van der Waals surface area contributed by atoms with Crippen LogP contribution >= 0.6 is 0 Å². The van der Waals surface area contributed by atoms with Gasteiger partial charge in [0.05, 0.1) is 0 Å². The summed E-state index contributed by atoms with van der Waals surface area (Å²) in [7, 11) is 6.86. The molecule has 0 aromatic carbocycles. The summed E-state index contributed by atoms with van der Waals surface area (Å²) >= 11 is 0. The van der Waals surface area contributed by atoms with Gasteiger partial charge in [0.15, 0.2) is 0 Å². The second-order valence-electron chi connectivity index (χ2n) is 8.02. The van der Waals surface area contributed by atoms with Crippen molar-refractivity contribution in [2.24, 2.45) is 5.41 Å². The van der Waals surface area contributed by atoms with Crippen LogP contribution < -0.4 is 5.32 Å². The van der Waals surface area contributed by atoms with Crippen molar-refractivity contribution >= 4 is 0 Å². The SMILES string of the molecule is CCNC1C(N(C)CC2(N(C)C)CCC2)CCC1(C)C. The van der Waals surface area contributed by atoms with Gasteiger partial charge >= 0.3 is 0 Å². The predicted molar refractivity (Wildman–Crippen MR) is 87.2 cm³/mol. The van der Waals surface area contributed by atoms with Crippen LogP contribution in [-0.4, -0.2) is 61.7 Å². The van der Waals surface area contributed by atoms with Gasteiger partial charge in [-0.1, -0.05) is 20.8 Å². The van der Waals surface area contributed by atoms with Crippen LogP contribution in [0, 0.1) is 5.41 Å². The Morgan fingerprint density at radius 3 is 2.20 bits per heavy atom. The first-order valence-corrected chi connectivity index (χ1v) is 8.43. The van der Waals surface area contributed by atoms with E-state index in [4.69, 9.17) is 0 Å². The summed E-state index contributed by atoms with van der Waals surface area (Å²) in [5, 5.41) is 3.76. The normalized spacial score (nSPS) is 31.8. The molecule has 0 aliphatic heterocycles. The van der Waals surface area contributed by atoms with E-state index in [1.54, 1.807) is 0 Å². The van der Waals surface area contributed by atoms with Gasteiger partial charge in [0, 0.05) is 24.2 Å². The van der Waals surface area contributed by atoms with Gasteiger partial charge in [-0.2, -0.15) is 0 Å². The molecule has 2 aliphatic carbocycles. The molecule has 2 saturated carbocycles. The molecule has 2 rings (SSSR count). The molecule has 3 nitrogen and oxygen atoms in total. The number of hydrogen-bond donors (Lipinski definition) is 1. The van der Waals surface area contributed by atoms with E-state index in [2.05, 4.69) is 57.0 Å². The van der Waals surface area contributed by atoms with Crippen molar-refractivity contribution in [2.45, 2.75) is 70.5 Å².